The molecule has 0 radical (unpaired) electrons. The summed E-state index contributed by atoms with van der Waals surface area (Å²) >= 11 is 0. The highest BCUT2D eigenvalue weighted by atomic mass is 16.5. The van der Waals surface area contributed by atoms with Gasteiger partial charge in [-0.1, -0.05) is 12.1 Å². The first kappa shape index (κ1) is 21.5. The molecule has 1 unspecified atom stereocenters. The summed E-state index contributed by atoms with van der Waals surface area (Å²) < 4.78 is 5.59. The van der Waals surface area contributed by atoms with Crippen molar-refractivity contribution in [3.63, 3.8) is 0 Å². The number of ether oxygens (including phenoxy) is 1. The Kier molecular flexibility index (Phi) is 6.05. The number of nitrogens with zero attached hydrogens (tertiary/aromatic N) is 2. The second-order valence-corrected chi connectivity index (χ2v) is 9.05. The van der Waals surface area contributed by atoms with Gasteiger partial charge in [0.25, 0.3) is 0 Å². The first-order valence-electron chi connectivity index (χ1n) is 11.7. The van der Waals surface area contributed by atoms with Crippen LogP contribution in [0.15, 0.2) is 48.5 Å². The molecule has 1 fully saturated rings. The molecule has 0 bridgehead atoms. The van der Waals surface area contributed by atoms with E-state index in [0.717, 1.165) is 66.9 Å². The van der Waals surface area contributed by atoms with E-state index in [4.69, 9.17) is 9.72 Å². The van der Waals surface area contributed by atoms with E-state index in [9.17, 15) is 4.79 Å². The van der Waals surface area contributed by atoms with Crippen molar-refractivity contribution in [3.05, 3.63) is 59.7 Å². The van der Waals surface area contributed by atoms with Crippen molar-refractivity contribution in [2.45, 2.75) is 37.8 Å². The molecule has 33 heavy (non-hydrogen) atoms. The fourth-order valence-electron chi connectivity index (χ4n) is 4.94. The van der Waals surface area contributed by atoms with Crippen LogP contribution in [0.25, 0.3) is 10.9 Å². The Bertz CT molecular complexity index is 1160. The number of rotatable bonds is 5. The summed E-state index contributed by atoms with van der Waals surface area (Å²) in [5.41, 5.74) is 4.23. The summed E-state index contributed by atoms with van der Waals surface area (Å²) in [5, 5.41) is 10.6. The quantitative estimate of drug-likeness (QED) is 0.537. The van der Waals surface area contributed by atoms with E-state index in [1.807, 2.05) is 42.5 Å². The number of benzene rings is 2. The first-order chi connectivity index (χ1) is 16.1. The molecule has 0 spiro atoms. The zero-order chi connectivity index (χ0) is 22.8. The van der Waals surface area contributed by atoms with Crippen molar-refractivity contribution in [3.8, 4) is 5.75 Å². The summed E-state index contributed by atoms with van der Waals surface area (Å²) in [6.45, 7) is 2.03. The molecule has 1 atom stereocenters. The van der Waals surface area contributed by atoms with Gasteiger partial charge in [0.2, 0.25) is 0 Å². The number of aryl methyl sites for hydroxylation is 1. The van der Waals surface area contributed by atoms with Gasteiger partial charge < -0.3 is 25.6 Å². The number of urea groups is 1. The number of piperidine rings is 1. The lowest BCUT2D eigenvalue weighted by Crippen LogP contribution is -2.44. The van der Waals surface area contributed by atoms with Gasteiger partial charge >= 0.3 is 6.03 Å². The Morgan fingerprint density at radius 2 is 1.94 bits per heavy atom. The van der Waals surface area contributed by atoms with Gasteiger partial charge in [0, 0.05) is 22.7 Å². The molecule has 5 rings (SSSR count). The lowest BCUT2D eigenvalue weighted by atomic mass is 10.1. The van der Waals surface area contributed by atoms with Gasteiger partial charge in [0.15, 0.2) is 0 Å². The van der Waals surface area contributed by atoms with Crippen LogP contribution in [0, 0.1) is 0 Å². The van der Waals surface area contributed by atoms with Crippen LogP contribution < -0.4 is 20.7 Å². The van der Waals surface area contributed by atoms with Crippen molar-refractivity contribution in [2.75, 3.05) is 37.9 Å². The summed E-state index contributed by atoms with van der Waals surface area (Å²) in [5.74, 6) is 1.77. The minimum absolute atomic E-state index is 0.149. The minimum atomic E-state index is -0.149. The number of anilines is 2. The van der Waals surface area contributed by atoms with Crippen molar-refractivity contribution in [1.82, 2.24) is 15.2 Å². The molecule has 2 aliphatic rings. The lowest BCUT2D eigenvalue weighted by Gasteiger charge is -2.29. The third-order valence-electron chi connectivity index (χ3n) is 6.75. The number of nitrogens with one attached hydrogen (secondary N) is 3. The van der Waals surface area contributed by atoms with Gasteiger partial charge in [-0.2, -0.15) is 0 Å². The molecule has 1 aromatic heterocycles. The van der Waals surface area contributed by atoms with E-state index >= 15 is 0 Å². The number of hydrogen-bond donors (Lipinski definition) is 3. The fraction of sp³-hybridized carbons (Fsp3) is 0.385. The summed E-state index contributed by atoms with van der Waals surface area (Å²) in [6, 6.07) is 16.4. The van der Waals surface area contributed by atoms with Crippen LogP contribution in [0.3, 0.4) is 0 Å². The standard InChI is InChI=1S/C26H31N5O2/c1-31-14-12-19(13-15-31)27-26(32)28-20-8-10-21-18(16-20)7-11-24(29-21)30-22-9-6-17-4-3-5-23(33-2)25(17)22/h3-5,7-8,10-11,16,19,22H,6,9,12-15H2,1-2H3,(H,29,30)(H2,27,28,32). The van der Waals surface area contributed by atoms with Gasteiger partial charge in [-0.3, -0.25) is 0 Å². The number of carbonyl (C=O) groups excluding carboxylic acids is 1. The maximum absolute atomic E-state index is 12.4. The predicted molar refractivity (Wildman–Crippen MR) is 132 cm³/mol. The lowest BCUT2D eigenvalue weighted by molar-refractivity contribution is 0.221. The molecule has 2 aromatic carbocycles. The van der Waals surface area contributed by atoms with Crippen LogP contribution in [-0.2, 0) is 6.42 Å². The van der Waals surface area contributed by atoms with Crippen molar-refractivity contribution >= 4 is 28.4 Å². The molecule has 3 N–H and O–H groups in total. The molecule has 2 heterocycles. The molecule has 1 aliphatic carbocycles. The van der Waals surface area contributed by atoms with Crippen molar-refractivity contribution < 1.29 is 9.53 Å². The number of pyridine rings is 1. The van der Waals surface area contributed by atoms with Gasteiger partial charge in [-0.05, 0) is 87.8 Å². The smallest absolute Gasteiger partial charge is 0.319 e. The molecule has 0 saturated carbocycles. The van der Waals surface area contributed by atoms with Crippen LogP contribution in [-0.4, -0.2) is 49.2 Å². The zero-order valence-corrected chi connectivity index (χ0v) is 19.2. The first-order valence-corrected chi connectivity index (χ1v) is 11.7. The summed E-state index contributed by atoms with van der Waals surface area (Å²) in [7, 11) is 3.84. The highest BCUT2D eigenvalue weighted by Gasteiger charge is 2.26. The van der Waals surface area contributed by atoms with E-state index in [1.54, 1.807) is 7.11 Å². The Balaban J connectivity index is 1.25. The van der Waals surface area contributed by atoms with Crippen LogP contribution in [0.5, 0.6) is 5.75 Å². The number of aromatic nitrogens is 1. The number of methoxy groups -OCH3 is 1. The van der Waals surface area contributed by atoms with Crippen LogP contribution in [0.4, 0.5) is 16.3 Å². The van der Waals surface area contributed by atoms with Gasteiger partial charge in [0.05, 0.1) is 18.7 Å². The highest BCUT2D eigenvalue weighted by Crippen LogP contribution is 2.39. The van der Waals surface area contributed by atoms with E-state index < -0.39 is 0 Å². The molecule has 1 saturated heterocycles. The molecule has 3 aromatic rings. The second kappa shape index (κ2) is 9.27. The van der Waals surface area contributed by atoms with Crippen molar-refractivity contribution in [2.24, 2.45) is 0 Å². The monoisotopic (exact) mass is 445 g/mol. The van der Waals surface area contributed by atoms with Crippen molar-refractivity contribution in [1.29, 1.82) is 0 Å². The topological polar surface area (TPSA) is 78.5 Å². The summed E-state index contributed by atoms with van der Waals surface area (Å²) in [6.07, 6.45) is 4.02. The molecule has 7 nitrogen and oxygen atoms in total. The third kappa shape index (κ3) is 4.73. The maximum Gasteiger partial charge on any atom is 0.319 e. The van der Waals surface area contributed by atoms with Gasteiger partial charge in [-0.15, -0.1) is 0 Å². The van der Waals surface area contributed by atoms with Gasteiger partial charge in [0.1, 0.15) is 11.6 Å². The van der Waals surface area contributed by atoms with Crippen LogP contribution in [0.2, 0.25) is 0 Å². The number of hydrogen-bond acceptors (Lipinski definition) is 5. The van der Waals surface area contributed by atoms with E-state index in [1.165, 1.54) is 11.1 Å². The van der Waals surface area contributed by atoms with Crippen LogP contribution >= 0.6 is 0 Å². The molecule has 172 valence electrons. The fourth-order valence-corrected chi connectivity index (χ4v) is 4.94. The summed E-state index contributed by atoms with van der Waals surface area (Å²) in [4.78, 5) is 19.5. The molecule has 7 heteroatoms. The van der Waals surface area contributed by atoms with E-state index in [-0.39, 0.29) is 18.1 Å². The zero-order valence-electron chi connectivity index (χ0n) is 19.2. The average Bonchev–Trinajstić information content (AvgIpc) is 3.23. The Labute approximate surface area is 194 Å². The SMILES string of the molecule is COc1cccc2c1C(Nc1ccc3cc(NC(=O)NC4CCN(C)CC4)ccc3n1)CC2. The predicted octanol–water partition coefficient (Wildman–Crippen LogP) is 4.56. The largest absolute Gasteiger partial charge is 0.496 e. The third-order valence-corrected chi connectivity index (χ3v) is 6.75. The van der Waals surface area contributed by atoms with Gasteiger partial charge in [-0.25, -0.2) is 9.78 Å². The number of fused-ring (bicyclic) bond motifs is 2. The maximum atomic E-state index is 12.4. The highest BCUT2D eigenvalue weighted by molar-refractivity contribution is 5.93. The normalized spacial score (nSPS) is 18.7. The van der Waals surface area contributed by atoms with E-state index in [2.05, 4.69) is 34.0 Å². The molecule has 2 amide bonds. The minimum Gasteiger partial charge on any atom is -0.496 e. The number of carbonyl (C=O) groups is 1. The Morgan fingerprint density at radius 1 is 1.09 bits per heavy atom. The Morgan fingerprint density at radius 3 is 2.76 bits per heavy atom. The Hall–Kier alpha value is -3.32. The number of likely N-dealkylation sites (tertiary alicyclic amines) is 1. The number of amides is 2. The average molecular weight is 446 g/mol. The molecule has 1 aliphatic heterocycles. The van der Waals surface area contributed by atoms with Crippen LogP contribution in [0.1, 0.15) is 36.4 Å². The molecular formula is C26H31N5O2. The van der Waals surface area contributed by atoms with E-state index in [0.29, 0.717) is 0 Å². The molecular weight excluding hydrogens is 414 g/mol. The second-order valence-electron chi connectivity index (χ2n) is 9.05.